The van der Waals surface area contributed by atoms with Gasteiger partial charge in [-0.3, -0.25) is 0 Å². The Labute approximate surface area is 104 Å². The van der Waals surface area contributed by atoms with E-state index in [4.69, 9.17) is 0 Å². The van der Waals surface area contributed by atoms with Crippen LogP contribution in [0.25, 0.3) is 11.1 Å². The van der Waals surface area contributed by atoms with Crippen LogP contribution in [0.5, 0.6) is 0 Å². The molecule has 0 heterocycles. The van der Waals surface area contributed by atoms with Crippen molar-refractivity contribution in [2.75, 3.05) is 0 Å². The van der Waals surface area contributed by atoms with Gasteiger partial charge >= 0.3 is 0 Å². The highest BCUT2D eigenvalue weighted by molar-refractivity contribution is 14.1. The van der Waals surface area contributed by atoms with Crippen molar-refractivity contribution in [1.29, 1.82) is 0 Å². The van der Waals surface area contributed by atoms with Crippen LogP contribution >= 0.6 is 22.6 Å². The van der Waals surface area contributed by atoms with Crippen molar-refractivity contribution in [3.05, 3.63) is 57.4 Å². The van der Waals surface area contributed by atoms with Crippen LogP contribution in [-0.4, -0.2) is 0 Å². The SMILES string of the molecule is Fc1ccc(F)c(-c2cccc(I)c2)c1F. The molecule has 2 aromatic rings. The summed E-state index contributed by atoms with van der Waals surface area (Å²) in [6.07, 6.45) is 0. The zero-order chi connectivity index (χ0) is 11.7. The van der Waals surface area contributed by atoms with E-state index in [0.29, 0.717) is 5.56 Å². The lowest BCUT2D eigenvalue weighted by Crippen LogP contribution is -1.94. The van der Waals surface area contributed by atoms with Gasteiger partial charge in [0.25, 0.3) is 0 Å². The maximum Gasteiger partial charge on any atom is 0.169 e. The average Bonchev–Trinajstić information content (AvgIpc) is 2.24. The van der Waals surface area contributed by atoms with Crippen LogP contribution in [0.1, 0.15) is 0 Å². The van der Waals surface area contributed by atoms with E-state index in [0.717, 1.165) is 15.7 Å². The van der Waals surface area contributed by atoms with Crippen LogP contribution in [0.2, 0.25) is 0 Å². The lowest BCUT2D eigenvalue weighted by Gasteiger charge is -2.06. The number of rotatable bonds is 1. The molecule has 0 unspecified atom stereocenters. The molecule has 2 aromatic carbocycles. The van der Waals surface area contributed by atoms with Crippen molar-refractivity contribution in [3.8, 4) is 11.1 Å². The van der Waals surface area contributed by atoms with E-state index >= 15 is 0 Å². The van der Waals surface area contributed by atoms with Crippen LogP contribution in [0.4, 0.5) is 13.2 Å². The van der Waals surface area contributed by atoms with Crippen LogP contribution in [-0.2, 0) is 0 Å². The summed E-state index contributed by atoms with van der Waals surface area (Å²) in [4.78, 5) is 0. The fraction of sp³-hybridized carbons (Fsp3) is 0. The Balaban J connectivity index is 2.68. The fourth-order valence-electron chi connectivity index (χ4n) is 1.44. The van der Waals surface area contributed by atoms with Gasteiger partial charge in [0.1, 0.15) is 5.82 Å². The van der Waals surface area contributed by atoms with E-state index in [2.05, 4.69) is 0 Å². The van der Waals surface area contributed by atoms with E-state index in [1.807, 2.05) is 22.6 Å². The van der Waals surface area contributed by atoms with Crippen molar-refractivity contribution in [3.63, 3.8) is 0 Å². The molecule has 82 valence electrons. The van der Waals surface area contributed by atoms with E-state index in [1.54, 1.807) is 24.3 Å². The Hall–Kier alpha value is -1.04. The van der Waals surface area contributed by atoms with Gasteiger partial charge in [0.2, 0.25) is 0 Å². The minimum atomic E-state index is -1.15. The molecule has 0 saturated heterocycles. The smallest absolute Gasteiger partial charge is 0.169 e. The normalized spacial score (nSPS) is 10.5. The molecule has 0 nitrogen and oxygen atoms in total. The van der Waals surface area contributed by atoms with Gasteiger partial charge in [-0.25, -0.2) is 13.2 Å². The first kappa shape index (κ1) is 11.4. The van der Waals surface area contributed by atoms with Crippen molar-refractivity contribution in [2.24, 2.45) is 0 Å². The average molecular weight is 334 g/mol. The molecular formula is C12H6F3I. The summed E-state index contributed by atoms with van der Waals surface area (Å²) >= 11 is 2.03. The third kappa shape index (κ3) is 2.07. The van der Waals surface area contributed by atoms with Gasteiger partial charge < -0.3 is 0 Å². The van der Waals surface area contributed by atoms with Gasteiger partial charge in [-0.15, -0.1) is 0 Å². The molecule has 0 aliphatic rings. The summed E-state index contributed by atoms with van der Waals surface area (Å²) in [6, 6.07) is 8.31. The van der Waals surface area contributed by atoms with Crippen molar-refractivity contribution >= 4 is 22.6 Å². The van der Waals surface area contributed by atoms with Gasteiger partial charge in [-0.1, -0.05) is 12.1 Å². The maximum absolute atomic E-state index is 13.5. The maximum atomic E-state index is 13.5. The van der Waals surface area contributed by atoms with Crippen molar-refractivity contribution < 1.29 is 13.2 Å². The summed E-state index contributed by atoms with van der Waals surface area (Å²) in [5.74, 6) is -2.96. The molecule has 0 aliphatic heterocycles. The molecule has 0 radical (unpaired) electrons. The monoisotopic (exact) mass is 334 g/mol. The molecule has 0 aliphatic carbocycles. The molecule has 2 rings (SSSR count). The molecule has 0 aromatic heterocycles. The van der Waals surface area contributed by atoms with E-state index in [-0.39, 0.29) is 5.56 Å². The molecule has 0 fully saturated rings. The zero-order valence-corrected chi connectivity index (χ0v) is 10.1. The first-order chi connectivity index (χ1) is 7.59. The summed E-state index contributed by atoms with van der Waals surface area (Å²) in [6.45, 7) is 0. The van der Waals surface area contributed by atoms with Crippen molar-refractivity contribution in [2.45, 2.75) is 0 Å². The summed E-state index contributed by atoms with van der Waals surface area (Å²) in [7, 11) is 0. The van der Waals surface area contributed by atoms with Crippen LogP contribution < -0.4 is 0 Å². The Morgan fingerprint density at radius 3 is 2.25 bits per heavy atom. The molecule has 0 amide bonds. The predicted molar refractivity (Wildman–Crippen MR) is 64.5 cm³/mol. The fourth-order valence-corrected chi connectivity index (χ4v) is 1.98. The Bertz CT molecular complexity index is 538. The topological polar surface area (TPSA) is 0 Å². The van der Waals surface area contributed by atoms with Crippen LogP contribution in [0, 0.1) is 21.0 Å². The highest BCUT2D eigenvalue weighted by atomic mass is 127. The standard InChI is InChI=1S/C12H6F3I/c13-9-4-5-10(14)12(15)11(9)7-2-1-3-8(16)6-7/h1-6H. The molecule has 0 spiro atoms. The van der Waals surface area contributed by atoms with Gasteiger partial charge in [-0.05, 0) is 52.4 Å². The highest BCUT2D eigenvalue weighted by Gasteiger charge is 2.15. The minimum Gasteiger partial charge on any atom is -0.206 e. The van der Waals surface area contributed by atoms with Gasteiger partial charge in [-0.2, -0.15) is 0 Å². The van der Waals surface area contributed by atoms with E-state index in [9.17, 15) is 13.2 Å². The second-order valence-electron chi connectivity index (χ2n) is 3.23. The molecule has 4 heteroatoms. The summed E-state index contributed by atoms with van der Waals surface area (Å²) in [5.41, 5.74) is 0.0138. The Morgan fingerprint density at radius 2 is 1.56 bits per heavy atom. The number of halogens is 4. The molecule has 0 atom stereocenters. The first-order valence-corrected chi connectivity index (χ1v) is 5.57. The third-order valence-electron chi connectivity index (χ3n) is 2.16. The Kier molecular flexibility index (Phi) is 3.18. The van der Waals surface area contributed by atoms with Gasteiger partial charge in [0.15, 0.2) is 11.6 Å². The lowest BCUT2D eigenvalue weighted by molar-refractivity contribution is 0.499. The molecule has 16 heavy (non-hydrogen) atoms. The summed E-state index contributed by atoms with van der Waals surface area (Å²) in [5, 5.41) is 0. The minimum absolute atomic E-state index is 0.321. The molecule has 0 bridgehead atoms. The highest BCUT2D eigenvalue weighted by Crippen LogP contribution is 2.28. The number of hydrogen-bond acceptors (Lipinski definition) is 0. The lowest BCUT2D eigenvalue weighted by atomic mass is 10.0. The largest absolute Gasteiger partial charge is 0.206 e. The second-order valence-corrected chi connectivity index (χ2v) is 4.47. The number of benzene rings is 2. The van der Waals surface area contributed by atoms with E-state index in [1.165, 1.54) is 0 Å². The van der Waals surface area contributed by atoms with Gasteiger partial charge in [0, 0.05) is 3.57 Å². The quantitative estimate of drug-likeness (QED) is 0.536. The first-order valence-electron chi connectivity index (χ1n) is 4.49. The second kappa shape index (κ2) is 4.45. The molecule has 0 saturated carbocycles. The van der Waals surface area contributed by atoms with Crippen LogP contribution in [0.15, 0.2) is 36.4 Å². The van der Waals surface area contributed by atoms with Gasteiger partial charge in [0.05, 0.1) is 5.56 Å². The third-order valence-corrected chi connectivity index (χ3v) is 2.83. The molecule has 0 N–H and O–H groups in total. The Morgan fingerprint density at radius 1 is 0.875 bits per heavy atom. The zero-order valence-electron chi connectivity index (χ0n) is 7.98. The molecular weight excluding hydrogens is 328 g/mol. The van der Waals surface area contributed by atoms with Crippen LogP contribution in [0.3, 0.4) is 0 Å². The van der Waals surface area contributed by atoms with Crippen molar-refractivity contribution in [1.82, 2.24) is 0 Å². The summed E-state index contributed by atoms with van der Waals surface area (Å²) < 4.78 is 40.7. The number of hydrogen-bond donors (Lipinski definition) is 0. The van der Waals surface area contributed by atoms with E-state index < -0.39 is 17.5 Å². The predicted octanol–water partition coefficient (Wildman–Crippen LogP) is 4.38.